The summed E-state index contributed by atoms with van der Waals surface area (Å²) in [6.07, 6.45) is 2.32. The molecule has 2 heterocycles. The van der Waals surface area contributed by atoms with E-state index in [0.29, 0.717) is 45.4 Å². The first-order valence-electron chi connectivity index (χ1n) is 10.2. The Bertz CT molecular complexity index is 847. The lowest BCUT2D eigenvalue weighted by Crippen LogP contribution is -2.43. The number of nitrogens with one attached hydrogen (secondary N) is 1. The highest BCUT2D eigenvalue weighted by Crippen LogP contribution is 2.31. The molecular formula is C22H30N4O3. The van der Waals surface area contributed by atoms with Crippen LogP contribution in [0.3, 0.4) is 0 Å². The minimum absolute atomic E-state index is 0.0151. The first-order valence-corrected chi connectivity index (χ1v) is 10.2. The predicted molar refractivity (Wildman–Crippen MR) is 111 cm³/mol. The molecule has 1 aromatic carbocycles. The summed E-state index contributed by atoms with van der Waals surface area (Å²) in [4.78, 5) is 26.2. The summed E-state index contributed by atoms with van der Waals surface area (Å²) in [5, 5.41) is 7.35. The van der Waals surface area contributed by atoms with Crippen LogP contribution in [0.15, 0.2) is 30.3 Å². The molecule has 1 saturated heterocycles. The lowest BCUT2D eigenvalue weighted by Gasteiger charge is -2.36. The van der Waals surface area contributed by atoms with Crippen LogP contribution in [0.2, 0.25) is 0 Å². The number of aromatic nitrogens is 2. The van der Waals surface area contributed by atoms with E-state index in [1.54, 1.807) is 7.05 Å². The van der Waals surface area contributed by atoms with E-state index in [1.165, 1.54) is 0 Å². The van der Waals surface area contributed by atoms with Crippen molar-refractivity contribution < 1.29 is 14.3 Å². The van der Waals surface area contributed by atoms with Gasteiger partial charge in [-0.1, -0.05) is 18.2 Å². The highest BCUT2D eigenvalue weighted by atomic mass is 16.5. The zero-order valence-electron chi connectivity index (χ0n) is 17.5. The Morgan fingerprint density at radius 1 is 1.17 bits per heavy atom. The molecule has 156 valence electrons. The van der Waals surface area contributed by atoms with E-state index in [-0.39, 0.29) is 17.9 Å². The number of nitrogens with zero attached hydrogens (tertiary/aromatic N) is 3. The van der Waals surface area contributed by atoms with Gasteiger partial charge in [-0.2, -0.15) is 5.10 Å². The Kier molecular flexibility index (Phi) is 7.04. The number of ether oxygens (including phenoxy) is 1. The molecule has 7 nitrogen and oxygen atoms in total. The first kappa shape index (κ1) is 21.0. The number of hydrogen-bond donors (Lipinski definition) is 1. The highest BCUT2D eigenvalue weighted by molar-refractivity contribution is 5.77. The minimum atomic E-state index is -0.132. The summed E-state index contributed by atoms with van der Waals surface area (Å²) < 4.78 is 7.67. The molecule has 1 N–H and O–H groups in total. The van der Waals surface area contributed by atoms with Crippen LogP contribution in [0.1, 0.15) is 48.7 Å². The lowest BCUT2D eigenvalue weighted by molar-refractivity contribution is -0.140. The first-order chi connectivity index (χ1) is 14.0. The van der Waals surface area contributed by atoms with Gasteiger partial charge in [-0.25, -0.2) is 4.68 Å². The Morgan fingerprint density at radius 3 is 2.62 bits per heavy atom. The summed E-state index contributed by atoms with van der Waals surface area (Å²) >= 11 is 0. The molecule has 7 heteroatoms. The number of para-hydroxylation sites is 1. The summed E-state index contributed by atoms with van der Waals surface area (Å²) in [6, 6.07) is 9.88. The molecule has 0 saturated carbocycles. The van der Waals surface area contributed by atoms with E-state index in [1.807, 2.05) is 53.8 Å². The van der Waals surface area contributed by atoms with Crippen molar-refractivity contribution in [1.82, 2.24) is 20.0 Å². The van der Waals surface area contributed by atoms with E-state index >= 15 is 0 Å². The summed E-state index contributed by atoms with van der Waals surface area (Å²) in [5.74, 6) is 0.128. The van der Waals surface area contributed by atoms with Crippen LogP contribution in [0.5, 0.6) is 0 Å². The molecular weight excluding hydrogens is 368 g/mol. The van der Waals surface area contributed by atoms with E-state index in [9.17, 15) is 9.59 Å². The van der Waals surface area contributed by atoms with Crippen molar-refractivity contribution in [3.8, 4) is 5.69 Å². The molecule has 0 spiro atoms. The highest BCUT2D eigenvalue weighted by Gasteiger charge is 2.32. The van der Waals surface area contributed by atoms with Crippen molar-refractivity contribution in [2.45, 2.75) is 45.6 Å². The van der Waals surface area contributed by atoms with Crippen LogP contribution in [-0.4, -0.2) is 53.3 Å². The summed E-state index contributed by atoms with van der Waals surface area (Å²) in [5.41, 5.74) is 4.01. The molecule has 1 atom stereocenters. The zero-order valence-corrected chi connectivity index (χ0v) is 17.5. The van der Waals surface area contributed by atoms with E-state index in [2.05, 4.69) is 5.32 Å². The Balaban J connectivity index is 1.75. The molecule has 0 radical (unpaired) electrons. The van der Waals surface area contributed by atoms with Crippen molar-refractivity contribution in [1.29, 1.82) is 0 Å². The third-order valence-electron chi connectivity index (χ3n) is 5.45. The molecule has 0 aliphatic carbocycles. The fourth-order valence-corrected chi connectivity index (χ4v) is 3.93. The maximum atomic E-state index is 12.9. The number of hydrogen-bond acceptors (Lipinski definition) is 4. The van der Waals surface area contributed by atoms with E-state index in [4.69, 9.17) is 9.84 Å². The van der Waals surface area contributed by atoms with Crippen molar-refractivity contribution in [2.24, 2.45) is 0 Å². The number of amides is 2. The minimum Gasteiger partial charge on any atom is -0.377 e. The number of carbonyl (C=O) groups excluding carboxylic acids is 2. The number of carbonyl (C=O) groups is 2. The standard InChI is InChI=1S/C22H30N4O3/c1-16-22(17(2)26(24-16)18-9-5-4-6-10-18)19-15-29-14-13-25(19)21(28)12-8-7-11-20(27)23-3/h4-6,9-10,19H,7-8,11-15H2,1-3H3,(H,23,27). The molecule has 1 unspecified atom stereocenters. The topological polar surface area (TPSA) is 76.5 Å². The Morgan fingerprint density at radius 2 is 1.90 bits per heavy atom. The summed E-state index contributed by atoms with van der Waals surface area (Å²) in [6.45, 7) is 5.64. The van der Waals surface area contributed by atoms with Gasteiger partial charge >= 0.3 is 0 Å². The molecule has 1 fully saturated rings. The fraction of sp³-hybridized carbons (Fsp3) is 0.500. The smallest absolute Gasteiger partial charge is 0.223 e. The molecule has 0 bridgehead atoms. The SMILES string of the molecule is CNC(=O)CCCCC(=O)N1CCOCC1c1c(C)nn(-c2ccccc2)c1C. The number of morpholine rings is 1. The molecule has 2 amide bonds. The van der Waals surface area contributed by atoms with Crippen LogP contribution in [0.4, 0.5) is 0 Å². The molecule has 2 aromatic rings. The maximum Gasteiger partial charge on any atom is 0.223 e. The Hall–Kier alpha value is -2.67. The number of benzene rings is 1. The van der Waals surface area contributed by atoms with Gasteiger partial charge in [0, 0.05) is 37.7 Å². The average molecular weight is 399 g/mol. The number of rotatable bonds is 7. The summed E-state index contributed by atoms with van der Waals surface area (Å²) in [7, 11) is 1.63. The van der Waals surface area contributed by atoms with Crippen LogP contribution >= 0.6 is 0 Å². The molecule has 1 aromatic heterocycles. The number of unbranched alkanes of at least 4 members (excludes halogenated alkanes) is 1. The van der Waals surface area contributed by atoms with Gasteiger partial charge in [0.15, 0.2) is 0 Å². The number of aryl methyl sites for hydroxylation is 1. The molecule has 3 rings (SSSR count). The second-order valence-electron chi connectivity index (χ2n) is 7.39. The van der Waals surface area contributed by atoms with Crippen molar-refractivity contribution >= 4 is 11.8 Å². The van der Waals surface area contributed by atoms with E-state index < -0.39 is 0 Å². The van der Waals surface area contributed by atoms with Gasteiger partial charge in [-0.05, 0) is 38.8 Å². The van der Waals surface area contributed by atoms with E-state index in [0.717, 1.165) is 22.6 Å². The van der Waals surface area contributed by atoms with Gasteiger partial charge in [0.25, 0.3) is 0 Å². The monoisotopic (exact) mass is 398 g/mol. The molecule has 1 aliphatic rings. The second-order valence-corrected chi connectivity index (χ2v) is 7.39. The van der Waals surface area contributed by atoms with Crippen LogP contribution in [0.25, 0.3) is 5.69 Å². The van der Waals surface area contributed by atoms with Crippen molar-refractivity contribution in [2.75, 3.05) is 26.8 Å². The predicted octanol–water partition coefficient (Wildman–Crippen LogP) is 2.70. The Labute approximate surface area is 172 Å². The van der Waals surface area contributed by atoms with Gasteiger partial charge in [-0.3, -0.25) is 9.59 Å². The molecule has 29 heavy (non-hydrogen) atoms. The van der Waals surface area contributed by atoms with Gasteiger partial charge in [0.05, 0.1) is 30.6 Å². The third-order valence-corrected chi connectivity index (χ3v) is 5.45. The zero-order chi connectivity index (χ0) is 20.8. The maximum absolute atomic E-state index is 12.9. The van der Waals surface area contributed by atoms with Crippen LogP contribution < -0.4 is 5.32 Å². The van der Waals surface area contributed by atoms with Gasteiger partial charge in [0.1, 0.15) is 0 Å². The average Bonchev–Trinajstić information content (AvgIpc) is 3.05. The van der Waals surface area contributed by atoms with Crippen LogP contribution in [0, 0.1) is 13.8 Å². The lowest BCUT2D eigenvalue weighted by atomic mass is 10.0. The van der Waals surface area contributed by atoms with Gasteiger partial charge < -0.3 is 15.0 Å². The largest absolute Gasteiger partial charge is 0.377 e. The second kappa shape index (κ2) is 9.69. The van der Waals surface area contributed by atoms with Gasteiger partial charge in [-0.15, -0.1) is 0 Å². The van der Waals surface area contributed by atoms with Gasteiger partial charge in [0.2, 0.25) is 11.8 Å². The van der Waals surface area contributed by atoms with Crippen LogP contribution in [-0.2, 0) is 14.3 Å². The van der Waals surface area contributed by atoms with Crippen molar-refractivity contribution in [3.63, 3.8) is 0 Å². The third kappa shape index (κ3) is 4.85. The fourth-order valence-electron chi connectivity index (χ4n) is 3.93. The molecule has 1 aliphatic heterocycles. The van der Waals surface area contributed by atoms with Crippen molar-refractivity contribution in [3.05, 3.63) is 47.3 Å². The normalized spacial score (nSPS) is 16.7. The quantitative estimate of drug-likeness (QED) is 0.728.